The van der Waals surface area contributed by atoms with Gasteiger partial charge < -0.3 is 4.57 Å². The van der Waals surface area contributed by atoms with Crippen molar-refractivity contribution in [2.24, 2.45) is 0 Å². The molecular weight excluding hydrogens is 172 g/mol. The van der Waals surface area contributed by atoms with Crippen LogP contribution < -0.4 is 0 Å². The minimum absolute atomic E-state index is 0. The van der Waals surface area contributed by atoms with Gasteiger partial charge in [-0.15, -0.1) is 0 Å². The van der Waals surface area contributed by atoms with Gasteiger partial charge >= 0.3 is 0 Å². The number of thiocarbonyl (C=S) groups is 1. The van der Waals surface area contributed by atoms with Gasteiger partial charge in [0, 0.05) is 31.9 Å². The van der Waals surface area contributed by atoms with Gasteiger partial charge in [-0.05, 0) is 12.1 Å². The molecule has 0 amide bonds. The molecule has 0 fully saturated rings. The van der Waals surface area contributed by atoms with E-state index in [1.807, 2.05) is 29.1 Å². The van der Waals surface area contributed by atoms with Crippen molar-refractivity contribution >= 4 is 17.7 Å². The first-order chi connectivity index (χ1) is 3.43. The van der Waals surface area contributed by atoms with Crippen molar-refractivity contribution in [1.29, 1.82) is 0 Å². The van der Waals surface area contributed by atoms with Crippen LogP contribution in [0.25, 0.3) is 0 Å². The normalized spacial score (nSPS) is 7.50. The van der Waals surface area contributed by atoms with Gasteiger partial charge in [-0.1, -0.05) is 12.2 Å². The Morgan fingerprint density at radius 3 is 2.00 bits per heavy atom. The van der Waals surface area contributed by atoms with E-state index in [1.54, 1.807) is 5.49 Å². The average molecular weight is 177 g/mol. The summed E-state index contributed by atoms with van der Waals surface area (Å²) in [5.41, 5.74) is 1.58. The van der Waals surface area contributed by atoms with E-state index in [4.69, 9.17) is 0 Å². The van der Waals surface area contributed by atoms with E-state index in [9.17, 15) is 0 Å². The van der Waals surface area contributed by atoms with Crippen LogP contribution in [0.1, 0.15) is 0 Å². The average Bonchev–Trinajstić information content (AvgIpc) is 2.14. The molecule has 8 heavy (non-hydrogen) atoms. The van der Waals surface area contributed by atoms with Crippen molar-refractivity contribution in [1.82, 2.24) is 4.57 Å². The fourth-order valence-electron chi connectivity index (χ4n) is 0.418. The smallest absolute Gasteiger partial charge is 0.0721 e. The van der Waals surface area contributed by atoms with Crippen LogP contribution in [0.15, 0.2) is 24.5 Å². The van der Waals surface area contributed by atoms with Crippen LogP contribution in [0, 0.1) is 0 Å². The Morgan fingerprint density at radius 2 is 1.75 bits per heavy atom. The van der Waals surface area contributed by atoms with Crippen molar-refractivity contribution in [3.05, 3.63) is 24.5 Å². The Morgan fingerprint density at radius 1 is 1.25 bits per heavy atom. The van der Waals surface area contributed by atoms with E-state index < -0.39 is 0 Å². The number of rotatable bonds is 1. The Kier molecular flexibility index (Phi) is 3.93. The monoisotopic (exact) mass is 175 g/mol. The summed E-state index contributed by atoms with van der Waals surface area (Å²) in [6.45, 7) is 0. The topological polar surface area (TPSA) is 4.93 Å². The van der Waals surface area contributed by atoms with Gasteiger partial charge in [0.15, 0.2) is 0 Å². The molecule has 1 aromatic rings. The van der Waals surface area contributed by atoms with Crippen molar-refractivity contribution in [2.45, 2.75) is 0 Å². The van der Waals surface area contributed by atoms with Gasteiger partial charge in [0.2, 0.25) is 0 Å². The molecule has 0 saturated heterocycles. The summed E-state index contributed by atoms with van der Waals surface area (Å²) in [5.74, 6) is 0. The van der Waals surface area contributed by atoms with E-state index in [2.05, 4.69) is 12.2 Å². The van der Waals surface area contributed by atoms with Crippen LogP contribution >= 0.6 is 12.2 Å². The van der Waals surface area contributed by atoms with Crippen molar-refractivity contribution in [2.75, 3.05) is 0 Å². The molecule has 0 aliphatic heterocycles. The van der Waals surface area contributed by atoms with Gasteiger partial charge in [0.05, 0.1) is 5.49 Å². The quantitative estimate of drug-likeness (QED) is 0.461. The van der Waals surface area contributed by atoms with Crippen molar-refractivity contribution in [3.8, 4) is 0 Å². The summed E-state index contributed by atoms with van der Waals surface area (Å²) in [5, 5.41) is 0. The molecule has 3 heteroatoms. The maximum Gasteiger partial charge on any atom is 0.0721 e. The van der Waals surface area contributed by atoms with Gasteiger partial charge in [-0.2, -0.15) is 0 Å². The molecule has 0 radical (unpaired) electrons. The number of nitrogens with zero attached hydrogens (tertiary/aromatic N) is 1. The molecular formula is C5H5NSZn. The fourth-order valence-corrected chi connectivity index (χ4v) is 0.559. The largest absolute Gasteiger partial charge is 0.321 e. The Bertz CT molecular complexity index is 147. The molecule has 1 aromatic heterocycles. The third-order valence-electron chi connectivity index (χ3n) is 0.749. The van der Waals surface area contributed by atoms with Crippen LogP contribution in [0.2, 0.25) is 0 Å². The minimum atomic E-state index is 0. The van der Waals surface area contributed by atoms with Gasteiger partial charge in [0.25, 0.3) is 0 Å². The van der Waals surface area contributed by atoms with Crippen LogP contribution in [0.3, 0.4) is 0 Å². The SMILES string of the molecule is S=Cn1cccc1.[Zn]. The molecule has 1 rings (SSSR count). The Hall–Kier alpha value is -0.00662. The van der Waals surface area contributed by atoms with Gasteiger partial charge in [-0.25, -0.2) is 0 Å². The predicted octanol–water partition coefficient (Wildman–Crippen LogP) is 1.29. The third kappa shape index (κ3) is 1.85. The maximum absolute atomic E-state index is 4.61. The van der Waals surface area contributed by atoms with E-state index in [-0.39, 0.29) is 19.5 Å². The first kappa shape index (κ1) is 7.99. The standard InChI is InChI=1S/C5H5NS.Zn/c7-5-6-3-1-2-4-6;/h1-5H;. The van der Waals surface area contributed by atoms with E-state index in [0.717, 1.165) is 0 Å². The van der Waals surface area contributed by atoms with Gasteiger partial charge in [-0.3, -0.25) is 0 Å². The zero-order chi connectivity index (χ0) is 5.11. The van der Waals surface area contributed by atoms with Crippen LogP contribution in [0.5, 0.6) is 0 Å². The van der Waals surface area contributed by atoms with Crippen molar-refractivity contribution < 1.29 is 19.5 Å². The maximum atomic E-state index is 4.61. The molecule has 0 aliphatic rings. The van der Waals surface area contributed by atoms with E-state index >= 15 is 0 Å². The summed E-state index contributed by atoms with van der Waals surface area (Å²) in [6.07, 6.45) is 3.79. The van der Waals surface area contributed by atoms with Crippen LogP contribution in [-0.4, -0.2) is 10.1 Å². The van der Waals surface area contributed by atoms with E-state index in [0.29, 0.717) is 0 Å². The zero-order valence-electron chi connectivity index (χ0n) is 4.45. The predicted molar refractivity (Wildman–Crippen MR) is 33.5 cm³/mol. The second kappa shape index (κ2) is 3.93. The van der Waals surface area contributed by atoms with Crippen LogP contribution in [-0.2, 0) is 19.5 Å². The van der Waals surface area contributed by atoms with Crippen LogP contribution in [0.4, 0.5) is 0 Å². The molecule has 0 aliphatic carbocycles. The molecule has 0 saturated carbocycles. The molecule has 0 bridgehead atoms. The molecule has 0 unspecified atom stereocenters. The second-order valence-corrected chi connectivity index (χ2v) is 1.45. The second-order valence-electron chi connectivity index (χ2n) is 1.24. The van der Waals surface area contributed by atoms with E-state index in [1.165, 1.54) is 0 Å². The molecule has 0 N–H and O–H groups in total. The third-order valence-corrected chi connectivity index (χ3v) is 0.993. The first-order valence-corrected chi connectivity index (χ1v) is 2.48. The Labute approximate surface area is 66.5 Å². The summed E-state index contributed by atoms with van der Waals surface area (Å²) in [7, 11) is 0. The summed E-state index contributed by atoms with van der Waals surface area (Å²) in [6, 6.07) is 3.87. The molecule has 1 nitrogen and oxygen atoms in total. The van der Waals surface area contributed by atoms with Gasteiger partial charge in [0.1, 0.15) is 0 Å². The minimum Gasteiger partial charge on any atom is -0.321 e. The molecule has 0 atom stereocenters. The molecule has 1 heterocycles. The van der Waals surface area contributed by atoms with Crippen molar-refractivity contribution in [3.63, 3.8) is 0 Å². The fraction of sp³-hybridized carbons (Fsp3) is 0. The first-order valence-electron chi connectivity index (χ1n) is 2.01. The molecule has 0 spiro atoms. The zero-order valence-corrected chi connectivity index (χ0v) is 8.23. The summed E-state index contributed by atoms with van der Waals surface area (Å²) >= 11 is 4.61. The number of aromatic nitrogens is 1. The molecule has 38 valence electrons. The Balaban J connectivity index is 0.000000490. The number of hydrogen-bond donors (Lipinski definition) is 0. The number of hydrogen-bond acceptors (Lipinski definition) is 1. The summed E-state index contributed by atoms with van der Waals surface area (Å²) < 4.78 is 1.81. The molecule has 0 aromatic carbocycles. The summed E-state index contributed by atoms with van der Waals surface area (Å²) in [4.78, 5) is 0.